The first-order chi connectivity index (χ1) is 7.66. The minimum atomic E-state index is -1.09. The fraction of sp³-hybridized carbons (Fsp3) is 0.364. The molecule has 1 rings (SSSR count). The summed E-state index contributed by atoms with van der Waals surface area (Å²) < 4.78 is 10.2. The lowest BCUT2D eigenvalue weighted by molar-refractivity contribution is 0.0692. The average Bonchev–Trinajstić information content (AvgIpc) is 2.24. The van der Waals surface area contributed by atoms with Crippen LogP contribution >= 0.6 is 11.6 Å². The Morgan fingerprint density at radius 1 is 1.44 bits per heavy atom. The van der Waals surface area contributed by atoms with Gasteiger partial charge < -0.3 is 14.6 Å². The zero-order chi connectivity index (χ0) is 12.0. The van der Waals surface area contributed by atoms with E-state index < -0.39 is 5.97 Å². The molecular weight excluding hydrogens is 232 g/mol. The quantitative estimate of drug-likeness (QED) is 0.781. The highest BCUT2D eigenvalue weighted by atomic mass is 35.5. The molecular formula is C11H13ClO4. The molecule has 0 saturated heterocycles. The van der Waals surface area contributed by atoms with Crippen molar-refractivity contribution in [1.29, 1.82) is 0 Å². The summed E-state index contributed by atoms with van der Waals surface area (Å²) in [5.74, 6) is -0.802. The van der Waals surface area contributed by atoms with Crippen molar-refractivity contribution >= 4 is 17.6 Å². The molecule has 0 aliphatic heterocycles. The summed E-state index contributed by atoms with van der Waals surface area (Å²) in [4.78, 5) is 10.9. The van der Waals surface area contributed by atoms with E-state index in [9.17, 15) is 4.79 Å². The van der Waals surface area contributed by atoms with E-state index in [1.807, 2.05) is 0 Å². The molecule has 1 aromatic rings. The van der Waals surface area contributed by atoms with E-state index in [2.05, 4.69) is 0 Å². The van der Waals surface area contributed by atoms with Crippen molar-refractivity contribution in [2.45, 2.75) is 6.42 Å². The van der Waals surface area contributed by atoms with E-state index in [4.69, 9.17) is 26.2 Å². The Balaban J connectivity index is 2.71. The van der Waals surface area contributed by atoms with Crippen LogP contribution in [-0.2, 0) is 4.74 Å². The van der Waals surface area contributed by atoms with Crippen LogP contribution < -0.4 is 4.74 Å². The number of halogens is 1. The maximum absolute atomic E-state index is 10.9. The molecule has 0 aliphatic carbocycles. The number of carboxylic acid groups (broad SMARTS) is 1. The van der Waals surface area contributed by atoms with Gasteiger partial charge in [-0.05, 0) is 12.1 Å². The lowest BCUT2D eigenvalue weighted by Gasteiger charge is -2.09. The fourth-order valence-corrected chi connectivity index (χ4v) is 1.46. The molecule has 88 valence electrons. The molecule has 0 aliphatic rings. The Morgan fingerprint density at radius 3 is 2.81 bits per heavy atom. The number of carboxylic acids is 1. The van der Waals surface area contributed by atoms with E-state index in [-0.39, 0.29) is 16.3 Å². The maximum atomic E-state index is 10.9. The number of methoxy groups -OCH3 is 1. The van der Waals surface area contributed by atoms with Crippen LogP contribution in [0, 0.1) is 0 Å². The van der Waals surface area contributed by atoms with E-state index >= 15 is 0 Å². The van der Waals surface area contributed by atoms with Crippen LogP contribution in [0.3, 0.4) is 0 Å². The van der Waals surface area contributed by atoms with Gasteiger partial charge in [0.15, 0.2) is 0 Å². The van der Waals surface area contributed by atoms with Crippen molar-refractivity contribution in [3.63, 3.8) is 0 Å². The Labute approximate surface area is 98.7 Å². The summed E-state index contributed by atoms with van der Waals surface area (Å²) in [5.41, 5.74) is 0.00147. The number of ether oxygens (including phenoxy) is 2. The van der Waals surface area contributed by atoms with Gasteiger partial charge in [-0.15, -0.1) is 0 Å². The van der Waals surface area contributed by atoms with E-state index in [0.717, 1.165) is 0 Å². The second kappa shape index (κ2) is 6.35. The van der Waals surface area contributed by atoms with Crippen molar-refractivity contribution in [3.05, 3.63) is 28.8 Å². The largest absolute Gasteiger partial charge is 0.493 e. The summed E-state index contributed by atoms with van der Waals surface area (Å²) in [6.07, 6.45) is 0.697. The van der Waals surface area contributed by atoms with Gasteiger partial charge in [0.25, 0.3) is 0 Å². The highest BCUT2D eigenvalue weighted by molar-refractivity contribution is 6.33. The molecule has 5 heteroatoms. The molecule has 0 amide bonds. The summed E-state index contributed by atoms with van der Waals surface area (Å²) in [6.45, 7) is 0.970. The Bertz CT molecular complexity index is 365. The monoisotopic (exact) mass is 244 g/mol. The van der Waals surface area contributed by atoms with Crippen LogP contribution in [0.2, 0.25) is 5.02 Å². The standard InChI is InChI=1S/C11H13ClO4/c1-15-6-3-7-16-9-5-2-4-8(12)10(9)11(13)14/h2,4-5H,3,6-7H2,1H3,(H,13,14). The van der Waals surface area contributed by atoms with Gasteiger partial charge in [-0.25, -0.2) is 4.79 Å². The second-order valence-corrected chi connectivity index (χ2v) is 3.52. The zero-order valence-corrected chi connectivity index (χ0v) is 9.66. The van der Waals surface area contributed by atoms with Crippen molar-refractivity contribution in [2.24, 2.45) is 0 Å². The van der Waals surface area contributed by atoms with Crippen LogP contribution in [0.5, 0.6) is 5.75 Å². The highest BCUT2D eigenvalue weighted by Crippen LogP contribution is 2.26. The lowest BCUT2D eigenvalue weighted by Crippen LogP contribution is -2.06. The van der Waals surface area contributed by atoms with E-state index in [0.29, 0.717) is 19.6 Å². The van der Waals surface area contributed by atoms with Crippen molar-refractivity contribution in [1.82, 2.24) is 0 Å². The van der Waals surface area contributed by atoms with E-state index in [1.54, 1.807) is 19.2 Å². The fourth-order valence-electron chi connectivity index (χ4n) is 1.22. The Hall–Kier alpha value is -1.26. The molecule has 16 heavy (non-hydrogen) atoms. The maximum Gasteiger partial charge on any atom is 0.341 e. The van der Waals surface area contributed by atoms with E-state index in [1.165, 1.54) is 6.07 Å². The number of carbonyl (C=O) groups is 1. The van der Waals surface area contributed by atoms with Crippen LogP contribution in [0.15, 0.2) is 18.2 Å². The van der Waals surface area contributed by atoms with Crippen LogP contribution in [0.1, 0.15) is 16.8 Å². The van der Waals surface area contributed by atoms with Gasteiger partial charge >= 0.3 is 5.97 Å². The second-order valence-electron chi connectivity index (χ2n) is 3.11. The zero-order valence-electron chi connectivity index (χ0n) is 8.90. The summed E-state index contributed by atoms with van der Waals surface area (Å²) in [6, 6.07) is 4.76. The average molecular weight is 245 g/mol. The van der Waals surface area contributed by atoms with Gasteiger partial charge in [-0.3, -0.25) is 0 Å². The first-order valence-corrected chi connectivity index (χ1v) is 5.18. The Morgan fingerprint density at radius 2 is 2.19 bits per heavy atom. The molecule has 0 heterocycles. The molecule has 0 fully saturated rings. The summed E-state index contributed by atoms with van der Waals surface area (Å²) >= 11 is 5.78. The van der Waals surface area contributed by atoms with Crippen molar-refractivity contribution in [2.75, 3.05) is 20.3 Å². The number of aromatic carboxylic acids is 1. The molecule has 1 N–H and O–H groups in total. The molecule has 0 saturated carbocycles. The number of rotatable bonds is 6. The van der Waals surface area contributed by atoms with Gasteiger partial charge in [-0.2, -0.15) is 0 Å². The molecule has 0 radical (unpaired) electrons. The van der Waals surface area contributed by atoms with Crippen LogP contribution in [-0.4, -0.2) is 31.4 Å². The minimum absolute atomic E-state index is 0.00147. The molecule has 0 atom stereocenters. The molecule has 0 unspecified atom stereocenters. The minimum Gasteiger partial charge on any atom is -0.493 e. The molecule has 0 spiro atoms. The SMILES string of the molecule is COCCCOc1cccc(Cl)c1C(=O)O. The van der Waals surface area contributed by atoms with Gasteiger partial charge in [0.05, 0.1) is 11.6 Å². The molecule has 0 bridgehead atoms. The summed E-state index contributed by atoms with van der Waals surface area (Å²) in [5, 5.41) is 9.14. The third-order valence-electron chi connectivity index (χ3n) is 1.94. The predicted molar refractivity (Wildman–Crippen MR) is 60.4 cm³/mol. The van der Waals surface area contributed by atoms with Crippen LogP contribution in [0.4, 0.5) is 0 Å². The number of benzene rings is 1. The van der Waals surface area contributed by atoms with Crippen LogP contribution in [0.25, 0.3) is 0 Å². The normalized spacial score (nSPS) is 10.1. The molecule has 1 aromatic carbocycles. The third kappa shape index (κ3) is 3.40. The highest BCUT2D eigenvalue weighted by Gasteiger charge is 2.15. The van der Waals surface area contributed by atoms with Crippen molar-refractivity contribution < 1.29 is 19.4 Å². The number of hydrogen-bond donors (Lipinski definition) is 1. The Kier molecular flexibility index (Phi) is 5.08. The smallest absolute Gasteiger partial charge is 0.341 e. The number of hydrogen-bond acceptors (Lipinski definition) is 3. The molecule has 4 nitrogen and oxygen atoms in total. The van der Waals surface area contributed by atoms with Gasteiger partial charge in [-0.1, -0.05) is 17.7 Å². The van der Waals surface area contributed by atoms with Gasteiger partial charge in [0.1, 0.15) is 11.3 Å². The molecule has 0 aromatic heterocycles. The summed E-state index contributed by atoms with van der Waals surface area (Å²) in [7, 11) is 1.60. The predicted octanol–water partition coefficient (Wildman–Crippen LogP) is 2.45. The van der Waals surface area contributed by atoms with Crippen molar-refractivity contribution in [3.8, 4) is 5.75 Å². The van der Waals surface area contributed by atoms with Gasteiger partial charge in [0.2, 0.25) is 0 Å². The lowest BCUT2D eigenvalue weighted by atomic mass is 10.2. The third-order valence-corrected chi connectivity index (χ3v) is 2.25. The first-order valence-electron chi connectivity index (χ1n) is 4.80. The first kappa shape index (κ1) is 12.8. The van der Waals surface area contributed by atoms with Gasteiger partial charge in [0, 0.05) is 20.1 Å². The topological polar surface area (TPSA) is 55.8 Å².